The monoisotopic (exact) mass is 349 g/mol. The van der Waals surface area contributed by atoms with Crippen LogP contribution >= 0.6 is 0 Å². The summed E-state index contributed by atoms with van der Waals surface area (Å²) in [6.45, 7) is 5.08. The molecular weight excluding hydrogens is 322 g/mol. The van der Waals surface area contributed by atoms with Crippen LogP contribution in [0.25, 0.3) is 0 Å². The van der Waals surface area contributed by atoms with E-state index in [2.05, 4.69) is 10.6 Å². The van der Waals surface area contributed by atoms with Crippen LogP contribution in [-0.2, 0) is 20.8 Å². The highest BCUT2D eigenvalue weighted by molar-refractivity contribution is 5.91. The summed E-state index contributed by atoms with van der Waals surface area (Å²) in [6, 6.07) is 6.70. The Hall–Kier alpha value is -2.41. The summed E-state index contributed by atoms with van der Waals surface area (Å²) in [5.74, 6) is -2.26. The first-order valence-corrected chi connectivity index (χ1v) is 8.39. The van der Waals surface area contributed by atoms with Crippen molar-refractivity contribution >= 4 is 17.8 Å². The molecule has 4 atom stereocenters. The van der Waals surface area contributed by atoms with Gasteiger partial charge in [0, 0.05) is 0 Å². The molecule has 0 heterocycles. The average molecular weight is 349 g/mol. The number of nitrogens with one attached hydrogen (secondary N) is 2. The largest absolute Gasteiger partial charge is 0.480 e. The zero-order chi connectivity index (χ0) is 19.0. The van der Waals surface area contributed by atoms with Gasteiger partial charge in [-0.3, -0.25) is 14.4 Å². The summed E-state index contributed by atoms with van der Waals surface area (Å²) >= 11 is 0. The molecule has 0 aromatic heterocycles. The molecule has 0 spiro atoms. The van der Waals surface area contributed by atoms with Crippen LogP contribution in [0.15, 0.2) is 30.3 Å². The molecule has 2 amide bonds. The normalized spacial score (nSPS) is 15.5. The van der Waals surface area contributed by atoms with E-state index >= 15 is 0 Å². The first kappa shape index (κ1) is 20.6. The van der Waals surface area contributed by atoms with Gasteiger partial charge in [-0.15, -0.1) is 0 Å². The summed E-state index contributed by atoms with van der Waals surface area (Å²) in [7, 11) is 0. The van der Waals surface area contributed by atoms with E-state index in [4.69, 9.17) is 10.8 Å². The van der Waals surface area contributed by atoms with E-state index in [0.29, 0.717) is 12.8 Å². The molecule has 7 heteroatoms. The topological polar surface area (TPSA) is 122 Å². The Morgan fingerprint density at radius 2 is 1.68 bits per heavy atom. The molecule has 7 nitrogen and oxygen atoms in total. The van der Waals surface area contributed by atoms with Crippen molar-refractivity contribution in [2.75, 3.05) is 0 Å². The molecule has 1 aromatic carbocycles. The van der Waals surface area contributed by atoms with Crippen LogP contribution in [-0.4, -0.2) is 41.0 Å². The number of hydrogen-bond acceptors (Lipinski definition) is 4. The summed E-state index contributed by atoms with van der Waals surface area (Å²) in [5.41, 5.74) is 6.88. The van der Waals surface area contributed by atoms with E-state index < -0.39 is 35.9 Å². The Kier molecular flexibility index (Phi) is 8.07. The van der Waals surface area contributed by atoms with Crippen LogP contribution in [0.4, 0.5) is 0 Å². The van der Waals surface area contributed by atoms with Crippen molar-refractivity contribution in [3.05, 3.63) is 35.9 Å². The third-order valence-corrected chi connectivity index (χ3v) is 4.16. The highest BCUT2D eigenvalue weighted by Crippen LogP contribution is 2.09. The number of benzene rings is 1. The lowest BCUT2D eigenvalue weighted by molar-refractivity contribution is -0.142. The molecule has 0 bridgehead atoms. The second-order valence-corrected chi connectivity index (χ2v) is 6.24. The van der Waals surface area contributed by atoms with Crippen molar-refractivity contribution in [2.24, 2.45) is 11.7 Å². The van der Waals surface area contributed by atoms with Gasteiger partial charge in [0.15, 0.2) is 0 Å². The van der Waals surface area contributed by atoms with Crippen molar-refractivity contribution in [3.63, 3.8) is 0 Å². The minimum absolute atomic E-state index is 0.158. The van der Waals surface area contributed by atoms with Crippen LogP contribution < -0.4 is 16.4 Å². The van der Waals surface area contributed by atoms with Gasteiger partial charge in [-0.2, -0.15) is 0 Å². The number of amides is 2. The Morgan fingerprint density at radius 1 is 1.08 bits per heavy atom. The number of nitrogens with two attached hydrogens (primary N) is 1. The maximum Gasteiger partial charge on any atom is 0.325 e. The lowest BCUT2D eigenvalue weighted by atomic mass is 9.97. The van der Waals surface area contributed by atoms with Crippen molar-refractivity contribution in [1.82, 2.24) is 10.6 Å². The van der Waals surface area contributed by atoms with Crippen LogP contribution in [0.1, 0.15) is 32.8 Å². The van der Waals surface area contributed by atoms with Crippen molar-refractivity contribution in [2.45, 2.75) is 51.7 Å². The molecule has 1 rings (SSSR count). The third-order valence-electron chi connectivity index (χ3n) is 4.16. The highest BCUT2D eigenvalue weighted by atomic mass is 16.4. The quantitative estimate of drug-likeness (QED) is 0.522. The van der Waals surface area contributed by atoms with Gasteiger partial charge in [0.2, 0.25) is 11.8 Å². The van der Waals surface area contributed by atoms with Gasteiger partial charge in [0.25, 0.3) is 0 Å². The number of hydrogen-bond donors (Lipinski definition) is 4. The van der Waals surface area contributed by atoms with Gasteiger partial charge in [-0.1, -0.05) is 50.6 Å². The molecule has 0 aliphatic carbocycles. The second kappa shape index (κ2) is 9.78. The van der Waals surface area contributed by atoms with Crippen molar-refractivity contribution in [1.29, 1.82) is 0 Å². The van der Waals surface area contributed by atoms with Gasteiger partial charge in [0.1, 0.15) is 12.1 Å². The molecule has 0 saturated heterocycles. The van der Waals surface area contributed by atoms with Crippen LogP contribution in [0.5, 0.6) is 0 Å². The van der Waals surface area contributed by atoms with Gasteiger partial charge in [-0.05, 0) is 24.8 Å². The maximum absolute atomic E-state index is 12.4. The lowest BCUT2D eigenvalue weighted by Crippen LogP contribution is -2.56. The van der Waals surface area contributed by atoms with E-state index in [-0.39, 0.29) is 5.92 Å². The zero-order valence-electron chi connectivity index (χ0n) is 14.9. The van der Waals surface area contributed by atoms with Crippen LogP contribution in [0.3, 0.4) is 0 Å². The number of carbonyl (C=O) groups excluding carboxylic acids is 2. The predicted octanol–water partition coefficient (Wildman–Crippen LogP) is 0.677. The second-order valence-electron chi connectivity index (χ2n) is 6.24. The number of carbonyl (C=O) groups is 3. The maximum atomic E-state index is 12.4. The summed E-state index contributed by atoms with van der Waals surface area (Å²) < 4.78 is 0. The minimum Gasteiger partial charge on any atom is -0.480 e. The van der Waals surface area contributed by atoms with Crippen LogP contribution in [0, 0.1) is 5.92 Å². The Morgan fingerprint density at radius 3 is 2.20 bits per heavy atom. The first-order valence-electron chi connectivity index (χ1n) is 8.39. The summed E-state index contributed by atoms with van der Waals surface area (Å²) in [4.78, 5) is 35.6. The van der Waals surface area contributed by atoms with E-state index in [1.807, 2.05) is 44.2 Å². The van der Waals surface area contributed by atoms with Gasteiger partial charge in [0.05, 0.1) is 6.04 Å². The fourth-order valence-electron chi connectivity index (χ4n) is 2.29. The molecule has 5 N–H and O–H groups in total. The molecule has 0 saturated carbocycles. The number of aliphatic carboxylic acids is 1. The van der Waals surface area contributed by atoms with Crippen molar-refractivity contribution < 1.29 is 19.5 Å². The number of rotatable bonds is 9. The van der Waals surface area contributed by atoms with E-state index in [9.17, 15) is 14.4 Å². The molecule has 1 aromatic rings. The SMILES string of the molecule is CC[C@H](C)[C@H](NC(=O)[C@@H](N)Cc1ccccc1)C(=O)N[C@@H](C)C(=O)O. The molecule has 0 aliphatic rings. The molecule has 0 radical (unpaired) electrons. The number of carboxylic acids is 1. The molecule has 0 unspecified atom stereocenters. The molecule has 25 heavy (non-hydrogen) atoms. The Labute approximate surface area is 148 Å². The first-order chi connectivity index (χ1) is 11.8. The zero-order valence-corrected chi connectivity index (χ0v) is 14.9. The van der Waals surface area contributed by atoms with E-state index in [0.717, 1.165) is 5.56 Å². The molecule has 0 fully saturated rings. The fourth-order valence-corrected chi connectivity index (χ4v) is 2.29. The Balaban J connectivity index is 2.74. The fraction of sp³-hybridized carbons (Fsp3) is 0.500. The standard InChI is InChI=1S/C18H27N3O4/c1-4-11(2)15(17(23)20-12(3)18(24)25)21-16(22)14(19)10-13-8-6-5-7-9-13/h5-9,11-12,14-15H,4,10,19H2,1-3H3,(H,20,23)(H,21,22)(H,24,25)/t11-,12-,14-,15-/m0/s1. The Bertz CT molecular complexity index is 591. The molecule has 0 aliphatic heterocycles. The lowest BCUT2D eigenvalue weighted by Gasteiger charge is -2.26. The molecule has 138 valence electrons. The summed E-state index contributed by atoms with van der Waals surface area (Å²) in [6.07, 6.45) is 1.00. The number of carboxylic acid groups (broad SMARTS) is 1. The summed E-state index contributed by atoms with van der Waals surface area (Å²) in [5, 5.41) is 14.0. The average Bonchev–Trinajstić information content (AvgIpc) is 2.59. The van der Waals surface area contributed by atoms with Crippen molar-refractivity contribution in [3.8, 4) is 0 Å². The third kappa shape index (κ3) is 6.54. The smallest absolute Gasteiger partial charge is 0.325 e. The van der Waals surface area contributed by atoms with E-state index in [1.54, 1.807) is 0 Å². The van der Waals surface area contributed by atoms with Gasteiger partial charge < -0.3 is 21.5 Å². The van der Waals surface area contributed by atoms with Gasteiger partial charge >= 0.3 is 5.97 Å². The molecular formula is C18H27N3O4. The predicted molar refractivity (Wildman–Crippen MR) is 94.7 cm³/mol. The minimum atomic E-state index is -1.14. The van der Waals surface area contributed by atoms with E-state index in [1.165, 1.54) is 6.92 Å². The highest BCUT2D eigenvalue weighted by Gasteiger charge is 2.29. The van der Waals surface area contributed by atoms with Crippen LogP contribution in [0.2, 0.25) is 0 Å². The van der Waals surface area contributed by atoms with Gasteiger partial charge in [-0.25, -0.2) is 0 Å².